The van der Waals surface area contributed by atoms with Gasteiger partial charge in [-0.3, -0.25) is 4.79 Å². The van der Waals surface area contributed by atoms with Crippen molar-refractivity contribution < 1.29 is 14.3 Å². The second kappa shape index (κ2) is 10.9. The average molecular weight is 456 g/mol. The maximum absolute atomic E-state index is 12.5. The molecule has 0 fully saturated rings. The van der Waals surface area contributed by atoms with Crippen LogP contribution in [0, 0.1) is 11.3 Å². The third-order valence-corrected chi connectivity index (χ3v) is 5.70. The molecule has 1 N–H and O–H groups in total. The molecule has 0 aromatic heterocycles. The Balaban J connectivity index is 1.32. The molecule has 1 amide bonds. The van der Waals surface area contributed by atoms with Crippen molar-refractivity contribution in [3.05, 3.63) is 88.5 Å². The smallest absolute Gasteiger partial charge is 0.251 e. The summed E-state index contributed by atoms with van der Waals surface area (Å²) in [5.41, 5.74) is 4.52. The first-order chi connectivity index (χ1) is 16.5. The lowest BCUT2D eigenvalue weighted by molar-refractivity contribution is 0.0954. The molecule has 3 aromatic rings. The number of nitrogens with one attached hydrogen (secondary N) is 1. The number of carbonyl (C=O) groups is 1. The van der Waals surface area contributed by atoms with Crippen LogP contribution in [0.4, 0.5) is 0 Å². The third-order valence-electron chi connectivity index (χ3n) is 5.70. The summed E-state index contributed by atoms with van der Waals surface area (Å²) in [4.78, 5) is 14.7. The Morgan fingerprint density at radius 3 is 2.53 bits per heavy atom. The fourth-order valence-corrected chi connectivity index (χ4v) is 3.95. The first kappa shape index (κ1) is 23.3. The predicted octanol–water partition coefficient (Wildman–Crippen LogP) is 4.71. The van der Waals surface area contributed by atoms with E-state index in [1.807, 2.05) is 6.07 Å². The Morgan fingerprint density at radius 1 is 1.09 bits per heavy atom. The molecule has 174 valence electrons. The van der Waals surface area contributed by atoms with Crippen LogP contribution in [-0.2, 0) is 19.4 Å². The van der Waals surface area contributed by atoms with Gasteiger partial charge in [-0.1, -0.05) is 24.3 Å². The summed E-state index contributed by atoms with van der Waals surface area (Å²) in [7, 11) is 4.10. The standard InChI is InChI=1S/C28H29N3O3/c1-31(2)19-21-7-5-20(6-8-21)13-14-30-28(32)22-9-11-25(12-10-22)34-27-17-26-23(4-3-15-33-26)16-24(27)18-29/h5-12,16-17H,3-4,13-15,19H2,1-2H3,(H,30,32). The van der Waals surface area contributed by atoms with Gasteiger partial charge in [0.2, 0.25) is 0 Å². The van der Waals surface area contributed by atoms with Crippen molar-refractivity contribution in [3.8, 4) is 23.3 Å². The molecule has 0 bridgehead atoms. The van der Waals surface area contributed by atoms with Crippen LogP contribution in [0.15, 0.2) is 60.7 Å². The van der Waals surface area contributed by atoms with Crippen molar-refractivity contribution in [2.75, 3.05) is 27.2 Å². The van der Waals surface area contributed by atoms with Gasteiger partial charge in [0.05, 0.1) is 12.2 Å². The first-order valence-electron chi connectivity index (χ1n) is 11.5. The van der Waals surface area contributed by atoms with Crippen molar-refractivity contribution in [1.82, 2.24) is 10.2 Å². The van der Waals surface area contributed by atoms with Gasteiger partial charge in [0.15, 0.2) is 0 Å². The van der Waals surface area contributed by atoms with Crippen LogP contribution in [-0.4, -0.2) is 38.1 Å². The normalized spacial score (nSPS) is 12.4. The second-order valence-corrected chi connectivity index (χ2v) is 8.71. The third kappa shape index (κ3) is 5.94. The molecular weight excluding hydrogens is 426 g/mol. The Bertz CT molecular complexity index is 1180. The minimum absolute atomic E-state index is 0.129. The quantitative estimate of drug-likeness (QED) is 0.533. The van der Waals surface area contributed by atoms with E-state index in [0.717, 1.165) is 37.1 Å². The number of hydrogen-bond donors (Lipinski definition) is 1. The molecular formula is C28H29N3O3. The number of aryl methyl sites for hydroxylation is 1. The summed E-state index contributed by atoms with van der Waals surface area (Å²) in [5.74, 6) is 1.65. The first-order valence-corrected chi connectivity index (χ1v) is 11.5. The van der Waals surface area contributed by atoms with Crippen molar-refractivity contribution in [1.29, 1.82) is 5.26 Å². The van der Waals surface area contributed by atoms with Crippen LogP contribution in [0.1, 0.15) is 39.0 Å². The molecule has 0 spiro atoms. The van der Waals surface area contributed by atoms with E-state index in [9.17, 15) is 10.1 Å². The van der Waals surface area contributed by atoms with Gasteiger partial charge in [-0.05, 0) is 80.4 Å². The molecule has 0 unspecified atom stereocenters. The summed E-state index contributed by atoms with van der Waals surface area (Å²) in [6.45, 7) is 2.14. The molecule has 1 aliphatic heterocycles. The van der Waals surface area contributed by atoms with Gasteiger partial charge in [0.1, 0.15) is 23.3 Å². The number of carbonyl (C=O) groups excluding carboxylic acids is 1. The summed E-state index contributed by atoms with van der Waals surface area (Å²) in [6, 6.07) is 21.2. The second-order valence-electron chi connectivity index (χ2n) is 8.71. The van der Waals surface area contributed by atoms with Crippen LogP contribution in [0.2, 0.25) is 0 Å². The zero-order chi connectivity index (χ0) is 23.9. The maximum Gasteiger partial charge on any atom is 0.251 e. The highest BCUT2D eigenvalue weighted by Gasteiger charge is 2.16. The molecule has 1 heterocycles. The van der Waals surface area contributed by atoms with Crippen LogP contribution in [0.5, 0.6) is 17.2 Å². The van der Waals surface area contributed by atoms with E-state index in [0.29, 0.717) is 35.8 Å². The van der Waals surface area contributed by atoms with E-state index >= 15 is 0 Å². The Morgan fingerprint density at radius 2 is 1.82 bits per heavy atom. The van der Waals surface area contributed by atoms with Crippen molar-refractivity contribution in [2.45, 2.75) is 25.8 Å². The van der Waals surface area contributed by atoms with Gasteiger partial charge in [-0.15, -0.1) is 0 Å². The lowest BCUT2D eigenvalue weighted by atomic mass is 10.0. The highest BCUT2D eigenvalue weighted by Crippen LogP contribution is 2.34. The fourth-order valence-electron chi connectivity index (χ4n) is 3.95. The van der Waals surface area contributed by atoms with Crippen molar-refractivity contribution in [2.24, 2.45) is 0 Å². The predicted molar refractivity (Wildman–Crippen MR) is 131 cm³/mol. The summed E-state index contributed by atoms with van der Waals surface area (Å²) < 4.78 is 11.6. The number of benzene rings is 3. The number of rotatable bonds is 8. The maximum atomic E-state index is 12.5. The van der Waals surface area contributed by atoms with Gasteiger partial charge in [0, 0.05) is 24.7 Å². The number of fused-ring (bicyclic) bond motifs is 1. The molecule has 6 heteroatoms. The summed E-state index contributed by atoms with van der Waals surface area (Å²) >= 11 is 0. The molecule has 34 heavy (non-hydrogen) atoms. The zero-order valence-electron chi connectivity index (χ0n) is 19.6. The molecule has 0 saturated heterocycles. The van der Waals surface area contributed by atoms with Gasteiger partial charge < -0.3 is 19.7 Å². The molecule has 0 aliphatic carbocycles. The van der Waals surface area contributed by atoms with Crippen molar-refractivity contribution >= 4 is 5.91 Å². The molecule has 4 rings (SSSR count). The van der Waals surface area contributed by atoms with Crippen LogP contribution in [0.3, 0.4) is 0 Å². The molecule has 6 nitrogen and oxygen atoms in total. The molecule has 0 radical (unpaired) electrons. The molecule has 0 atom stereocenters. The van der Waals surface area contributed by atoms with Crippen LogP contribution >= 0.6 is 0 Å². The number of hydrogen-bond acceptors (Lipinski definition) is 5. The lowest BCUT2D eigenvalue weighted by Gasteiger charge is -2.19. The SMILES string of the molecule is CN(C)Cc1ccc(CCNC(=O)c2ccc(Oc3cc4c(cc3C#N)CCCO4)cc2)cc1. The van der Waals surface area contributed by atoms with E-state index < -0.39 is 0 Å². The minimum Gasteiger partial charge on any atom is -0.493 e. The van der Waals surface area contributed by atoms with Gasteiger partial charge in [0.25, 0.3) is 5.91 Å². The Labute approximate surface area is 200 Å². The zero-order valence-corrected chi connectivity index (χ0v) is 19.6. The summed E-state index contributed by atoms with van der Waals surface area (Å²) in [5, 5.41) is 12.5. The average Bonchev–Trinajstić information content (AvgIpc) is 2.84. The monoisotopic (exact) mass is 455 g/mol. The molecule has 1 aliphatic rings. The minimum atomic E-state index is -0.129. The lowest BCUT2D eigenvalue weighted by Crippen LogP contribution is -2.25. The van der Waals surface area contributed by atoms with Gasteiger partial charge in [-0.2, -0.15) is 5.26 Å². The topological polar surface area (TPSA) is 74.6 Å². The van der Waals surface area contributed by atoms with E-state index in [2.05, 4.69) is 54.6 Å². The summed E-state index contributed by atoms with van der Waals surface area (Å²) in [6.07, 6.45) is 2.62. The van der Waals surface area contributed by atoms with E-state index in [1.54, 1.807) is 30.3 Å². The Kier molecular flexibility index (Phi) is 7.46. The fraction of sp³-hybridized carbons (Fsp3) is 0.286. The number of nitrogens with zero attached hydrogens (tertiary/aromatic N) is 2. The van der Waals surface area contributed by atoms with E-state index in [4.69, 9.17) is 9.47 Å². The molecule has 0 saturated carbocycles. The van der Waals surface area contributed by atoms with E-state index in [1.165, 1.54) is 11.1 Å². The van der Waals surface area contributed by atoms with Crippen molar-refractivity contribution in [3.63, 3.8) is 0 Å². The number of nitriles is 1. The molecule has 3 aromatic carbocycles. The highest BCUT2D eigenvalue weighted by atomic mass is 16.5. The largest absolute Gasteiger partial charge is 0.493 e. The highest BCUT2D eigenvalue weighted by molar-refractivity contribution is 5.94. The van der Waals surface area contributed by atoms with Crippen LogP contribution in [0.25, 0.3) is 0 Å². The van der Waals surface area contributed by atoms with Gasteiger partial charge in [-0.25, -0.2) is 0 Å². The number of ether oxygens (including phenoxy) is 2. The Hall–Kier alpha value is -3.82. The van der Waals surface area contributed by atoms with Crippen LogP contribution < -0.4 is 14.8 Å². The van der Waals surface area contributed by atoms with E-state index in [-0.39, 0.29) is 5.91 Å². The number of amides is 1. The van der Waals surface area contributed by atoms with Gasteiger partial charge >= 0.3 is 0 Å².